The molecule has 74 valence electrons. The highest BCUT2D eigenvalue weighted by Gasteiger charge is 2.30. The van der Waals surface area contributed by atoms with Crippen molar-refractivity contribution in [3.05, 3.63) is 0 Å². The molecule has 5 nitrogen and oxygen atoms in total. The molecule has 0 spiro atoms. The summed E-state index contributed by atoms with van der Waals surface area (Å²) < 4.78 is 4.70. The van der Waals surface area contributed by atoms with Gasteiger partial charge in [-0.2, -0.15) is 0 Å². The minimum atomic E-state index is -1.20. The second-order valence-electron chi connectivity index (χ2n) is 2.87. The molecule has 0 bridgehead atoms. The lowest BCUT2D eigenvalue weighted by Crippen LogP contribution is -2.47. The number of carbonyl (C=O) groups excluding carboxylic acids is 2. The van der Waals surface area contributed by atoms with Crippen molar-refractivity contribution in [3.8, 4) is 0 Å². The number of hydrogen-bond acceptors (Lipinski definition) is 4. The lowest BCUT2D eigenvalue weighted by molar-refractivity contribution is -0.310. The standard InChI is InChI=1S/C8H13NO4/c1-2-13-8(12)9-5-3-4-6(9)7(10)11/h6H,2-5H2,1H3,(H,10,11)/p-1. The minimum absolute atomic E-state index is 0.259. The third-order valence-corrected chi connectivity index (χ3v) is 2.03. The van der Waals surface area contributed by atoms with Crippen LogP contribution in [0.15, 0.2) is 0 Å². The van der Waals surface area contributed by atoms with Crippen LogP contribution in [-0.2, 0) is 9.53 Å². The second kappa shape index (κ2) is 4.11. The van der Waals surface area contributed by atoms with E-state index in [1.807, 2.05) is 0 Å². The van der Waals surface area contributed by atoms with Gasteiger partial charge < -0.3 is 14.6 Å². The van der Waals surface area contributed by atoms with Gasteiger partial charge in [0.2, 0.25) is 0 Å². The number of aliphatic carboxylic acids is 1. The average molecular weight is 186 g/mol. The largest absolute Gasteiger partial charge is 0.548 e. The highest BCUT2D eigenvalue weighted by molar-refractivity contribution is 5.79. The summed E-state index contributed by atoms with van der Waals surface area (Å²) >= 11 is 0. The van der Waals surface area contributed by atoms with E-state index in [1.54, 1.807) is 6.92 Å². The van der Waals surface area contributed by atoms with E-state index >= 15 is 0 Å². The van der Waals surface area contributed by atoms with E-state index in [0.29, 0.717) is 19.4 Å². The number of carboxylic acids is 1. The number of hydrogen-bond donors (Lipinski definition) is 0. The van der Waals surface area contributed by atoms with Crippen LogP contribution in [0, 0.1) is 0 Å². The van der Waals surface area contributed by atoms with Crippen molar-refractivity contribution in [1.29, 1.82) is 0 Å². The molecule has 5 heteroatoms. The van der Waals surface area contributed by atoms with E-state index in [4.69, 9.17) is 4.74 Å². The maximum Gasteiger partial charge on any atom is 0.410 e. The molecule has 1 aliphatic rings. The van der Waals surface area contributed by atoms with Gasteiger partial charge in [-0.15, -0.1) is 0 Å². The van der Waals surface area contributed by atoms with Gasteiger partial charge in [0.05, 0.1) is 18.6 Å². The monoisotopic (exact) mass is 186 g/mol. The van der Waals surface area contributed by atoms with Crippen LogP contribution in [0.4, 0.5) is 4.79 Å². The van der Waals surface area contributed by atoms with Crippen molar-refractivity contribution < 1.29 is 19.4 Å². The first-order chi connectivity index (χ1) is 6.16. The Hall–Kier alpha value is -1.26. The Morgan fingerprint density at radius 3 is 2.85 bits per heavy atom. The van der Waals surface area contributed by atoms with Crippen molar-refractivity contribution in [3.63, 3.8) is 0 Å². The predicted octanol–water partition coefficient (Wildman–Crippen LogP) is -0.643. The number of ether oxygens (including phenoxy) is 1. The van der Waals surface area contributed by atoms with Crippen LogP contribution in [-0.4, -0.2) is 36.2 Å². The predicted molar refractivity (Wildman–Crippen MR) is 41.8 cm³/mol. The summed E-state index contributed by atoms with van der Waals surface area (Å²) in [6.07, 6.45) is 0.590. The minimum Gasteiger partial charge on any atom is -0.548 e. The Morgan fingerprint density at radius 1 is 1.62 bits per heavy atom. The van der Waals surface area contributed by atoms with Crippen LogP contribution in [0.2, 0.25) is 0 Å². The molecule has 1 saturated heterocycles. The number of amides is 1. The molecule has 1 atom stereocenters. The Labute approximate surface area is 76.3 Å². The van der Waals surface area contributed by atoms with Crippen LogP contribution in [0.3, 0.4) is 0 Å². The third kappa shape index (κ3) is 2.11. The highest BCUT2D eigenvalue weighted by Crippen LogP contribution is 2.17. The molecule has 1 amide bonds. The molecule has 0 aromatic heterocycles. The van der Waals surface area contributed by atoms with Crippen LogP contribution < -0.4 is 5.11 Å². The molecule has 1 unspecified atom stereocenters. The summed E-state index contributed by atoms with van der Waals surface area (Å²) in [6, 6.07) is -0.806. The summed E-state index contributed by atoms with van der Waals surface area (Å²) in [6.45, 7) is 2.38. The number of rotatable bonds is 2. The first-order valence-electron chi connectivity index (χ1n) is 4.31. The molecule has 1 fully saturated rings. The number of likely N-dealkylation sites (tertiary alicyclic amines) is 1. The van der Waals surface area contributed by atoms with Gasteiger partial charge in [-0.25, -0.2) is 4.79 Å². The van der Waals surface area contributed by atoms with Gasteiger partial charge in [0.25, 0.3) is 0 Å². The zero-order chi connectivity index (χ0) is 9.84. The molecule has 0 aliphatic carbocycles. The van der Waals surface area contributed by atoms with Gasteiger partial charge in [0.1, 0.15) is 0 Å². The Morgan fingerprint density at radius 2 is 2.31 bits per heavy atom. The van der Waals surface area contributed by atoms with E-state index in [-0.39, 0.29) is 6.61 Å². The lowest BCUT2D eigenvalue weighted by Gasteiger charge is -2.24. The molecular weight excluding hydrogens is 174 g/mol. The van der Waals surface area contributed by atoms with E-state index in [1.165, 1.54) is 4.90 Å². The van der Waals surface area contributed by atoms with E-state index < -0.39 is 18.1 Å². The molecule has 0 saturated carbocycles. The van der Waals surface area contributed by atoms with E-state index in [2.05, 4.69) is 0 Å². The number of nitrogens with zero attached hydrogens (tertiary/aromatic N) is 1. The van der Waals surface area contributed by atoms with Gasteiger partial charge in [0.15, 0.2) is 0 Å². The van der Waals surface area contributed by atoms with Crippen molar-refractivity contribution in [2.75, 3.05) is 13.2 Å². The maximum absolute atomic E-state index is 11.2. The first-order valence-corrected chi connectivity index (χ1v) is 4.31. The van der Waals surface area contributed by atoms with Crippen molar-refractivity contribution in [1.82, 2.24) is 4.90 Å². The molecule has 1 rings (SSSR count). The molecule has 0 aromatic carbocycles. The van der Waals surface area contributed by atoms with Gasteiger partial charge >= 0.3 is 6.09 Å². The Balaban J connectivity index is 2.57. The second-order valence-corrected chi connectivity index (χ2v) is 2.87. The first kappa shape index (κ1) is 9.83. The van der Waals surface area contributed by atoms with Gasteiger partial charge in [-0.1, -0.05) is 0 Å². The summed E-state index contributed by atoms with van der Waals surface area (Å²) in [7, 11) is 0. The number of carbonyl (C=O) groups is 2. The maximum atomic E-state index is 11.2. The molecular formula is C8H12NO4-. The quantitative estimate of drug-likeness (QED) is 0.575. The Bertz CT molecular complexity index is 216. The Kier molecular flexibility index (Phi) is 3.11. The van der Waals surface area contributed by atoms with Crippen LogP contribution in [0.1, 0.15) is 19.8 Å². The molecule has 13 heavy (non-hydrogen) atoms. The van der Waals surface area contributed by atoms with E-state index in [0.717, 1.165) is 0 Å². The van der Waals surface area contributed by atoms with Crippen molar-refractivity contribution >= 4 is 12.1 Å². The van der Waals surface area contributed by atoms with Crippen LogP contribution in [0.25, 0.3) is 0 Å². The molecule has 0 radical (unpaired) electrons. The fourth-order valence-corrected chi connectivity index (χ4v) is 1.44. The zero-order valence-electron chi connectivity index (χ0n) is 7.49. The fourth-order valence-electron chi connectivity index (χ4n) is 1.44. The highest BCUT2D eigenvalue weighted by atomic mass is 16.6. The van der Waals surface area contributed by atoms with Crippen LogP contribution >= 0.6 is 0 Å². The van der Waals surface area contributed by atoms with Gasteiger partial charge in [0, 0.05) is 6.54 Å². The zero-order valence-corrected chi connectivity index (χ0v) is 7.49. The fraction of sp³-hybridized carbons (Fsp3) is 0.750. The summed E-state index contributed by atoms with van der Waals surface area (Å²) in [4.78, 5) is 22.9. The average Bonchev–Trinajstić information content (AvgIpc) is 2.52. The van der Waals surface area contributed by atoms with Gasteiger partial charge in [-0.05, 0) is 19.8 Å². The van der Waals surface area contributed by atoms with E-state index in [9.17, 15) is 14.7 Å². The smallest absolute Gasteiger partial charge is 0.410 e. The SMILES string of the molecule is CCOC(=O)N1CCCC1C(=O)[O-]. The van der Waals surface area contributed by atoms with Gasteiger partial charge in [-0.3, -0.25) is 4.90 Å². The molecule has 1 heterocycles. The topological polar surface area (TPSA) is 69.7 Å². The molecule has 1 aliphatic heterocycles. The summed E-state index contributed by atoms with van der Waals surface area (Å²) in [5.41, 5.74) is 0. The summed E-state index contributed by atoms with van der Waals surface area (Å²) in [5.74, 6) is -1.20. The normalized spacial score (nSPS) is 21.6. The molecule has 0 aromatic rings. The third-order valence-electron chi connectivity index (χ3n) is 2.03. The van der Waals surface area contributed by atoms with Crippen molar-refractivity contribution in [2.24, 2.45) is 0 Å². The van der Waals surface area contributed by atoms with Crippen molar-refractivity contribution in [2.45, 2.75) is 25.8 Å². The summed E-state index contributed by atoms with van der Waals surface area (Å²) in [5, 5.41) is 10.6. The number of carboxylic acid groups (broad SMARTS) is 1. The van der Waals surface area contributed by atoms with Crippen LogP contribution in [0.5, 0.6) is 0 Å². The lowest BCUT2D eigenvalue weighted by atomic mass is 10.2. The molecule has 0 N–H and O–H groups in total.